The molecular weight excluding hydrogens is 332 g/mol. The van der Waals surface area contributed by atoms with Crippen LogP contribution in [0, 0.1) is 0 Å². The molecule has 27 heavy (non-hydrogen) atoms. The first kappa shape index (κ1) is 17.9. The Balaban J connectivity index is 1.56. The van der Waals surface area contributed by atoms with Crippen LogP contribution in [0.25, 0.3) is 11.3 Å². The maximum atomic E-state index is 10.0. The normalized spacial score (nSPS) is 16.8. The first-order chi connectivity index (χ1) is 12.9. The smallest absolute Gasteiger partial charge is 0.108 e. The molecule has 0 saturated carbocycles. The number of H-pyrrole nitrogens is 1. The van der Waals surface area contributed by atoms with Gasteiger partial charge in [0.05, 0.1) is 6.10 Å². The van der Waals surface area contributed by atoms with Crippen molar-refractivity contribution in [3.05, 3.63) is 71.3 Å². The van der Waals surface area contributed by atoms with E-state index in [9.17, 15) is 5.11 Å². The highest BCUT2D eigenvalue weighted by atomic mass is 16.3. The zero-order chi connectivity index (χ0) is 19.0. The third kappa shape index (κ3) is 3.79. The van der Waals surface area contributed by atoms with E-state index in [2.05, 4.69) is 85.7 Å². The zero-order valence-electron chi connectivity index (χ0n) is 16.3. The van der Waals surface area contributed by atoms with Crippen LogP contribution < -0.4 is 5.32 Å². The predicted octanol–water partition coefficient (Wildman–Crippen LogP) is 5.57. The van der Waals surface area contributed by atoms with Crippen LogP contribution in [0.15, 0.2) is 54.6 Å². The topological polar surface area (TPSA) is 48.0 Å². The molecule has 4 rings (SSSR count). The van der Waals surface area contributed by atoms with Crippen molar-refractivity contribution in [3.63, 3.8) is 0 Å². The van der Waals surface area contributed by atoms with Gasteiger partial charge in [0, 0.05) is 17.8 Å². The second-order valence-corrected chi connectivity index (χ2v) is 8.58. The Hall–Kier alpha value is -2.52. The zero-order valence-corrected chi connectivity index (χ0v) is 16.3. The van der Waals surface area contributed by atoms with Crippen molar-refractivity contribution >= 4 is 11.5 Å². The first-order valence-electron chi connectivity index (χ1n) is 9.76. The van der Waals surface area contributed by atoms with Gasteiger partial charge in [-0.05, 0) is 58.7 Å². The van der Waals surface area contributed by atoms with Gasteiger partial charge in [-0.2, -0.15) is 0 Å². The van der Waals surface area contributed by atoms with Crippen molar-refractivity contribution in [1.29, 1.82) is 0 Å². The van der Waals surface area contributed by atoms with Gasteiger partial charge in [-0.1, -0.05) is 57.2 Å². The van der Waals surface area contributed by atoms with Crippen molar-refractivity contribution in [2.45, 2.75) is 51.6 Å². The Morgan fingerprint density at radius 1 is 1.00 bits per heavy atom. The van der Waals surface area contributed by atoms with Crippen molar-refractivity contribution in [2.24, 2.45) is 0 Å². The minimum Gasteiger partial charge on any atom is -0.393 e. The first-order valence-corrected chi connectivity index (χ1v) is 9.76. The molecule has 1 aliphatic rings. The summed E-state index contributed by atoms with van der Waals surface area (Å²) in [4.78, 5) is 3.48. The van der Waals surface area contributed by atoms with Gasteiger partial charge in [0.1, 0.15) is 5.82 Å². The Labute approximate surface area is 161 Å². The van der Waals surface area contributed by atoms with Gasteiger partial charge in [-0.15, -0.1) is 0 Å². The Bertz CT molecular complexity index is 932. The monoisotopic (exact) mass is 360 g/mol. The van der Waals surface area contributed by atoms with E-state index in [1.165, 1.54) is 22.3 Å². The number of hydrogen-bond donors (Lipinski definition) is 3. The predicted molar refractivity (Wildman–Crippen MR) is 113 cm³/mol. The van der Waals surface area contributed by atoms with Gasteiger partial charge in [0.25, 0.3) is 0 Å². The van der Waals surface area contributed by atoms with E-state index < -0.39 is 0 Å². The molecular formula is C24H28N2O. The summed E-state index contributed by atoms with van der Waals surface area (Å²) in [6.45, 7) is 6.70. The highest BCUT2D eigenvalue weighted by molar-refractivity contribution is 5.68. The van der Waals surface area contributed by atoms with Gasteiger partial charge >= 0.3 is 0 Å². The maximum Gasteiger partial charge on any atom is 0.108 e. The summed E-state index contributed by atoms with van der Waals surface area (Å²) in [6.07, 6.45) is 2.29. The molecule has 3 aromatic rings. The molecule has 0 bridgehead atoms. The largest absolute Gasteiger partial charge is 0.393 e. The fraction of sp³-hybridized carbons (Fsp3) is 0.333. The lowest BCUT2D eigenvalue weighted by atomic mass is 9.86. The molecule has 1 atom stereocenters. The number of aromatic amines is 1. The Kier molecular flexibility index (Phi) is 4.56. The lowest BCUT2D eigenvalue weighted by molar-refractivity contribution is 0.159. The summed E-state index contributed by atoms with van der Waals surface area (Å²) in [6, 6.07) is 19.3. The molecule has 0 radical (unpaired) electrons. The standard InChI is InChI=1S/C24H28N2O/c1-24(2,3)18-10-7-17(8-11-18)21-13-14-23(25-21)26-22-6-4-5-16-9-12-19(27)15-20(16)22/h4-8,10-11,13-14,19,25-27H,9,12,15H2,1-3H3/t19-/m1/s1. The lowest BCUT2D eigenvalue weighted by Crippen LogP contribution is -2.19. The minimum absolute atomic E-state index is 0.165. The number of aromatic nitrogens is 1. The van der Waals surface area contributed by atoms with Gasteiger partial charge < -0.3 is 15.4 Å². The summed E-state index contributed by atoms with van der Waals surface area (Å²) in [5, 5.41) is 13.6. The summed E-state index contributed by atoms with van der Waals surface area (Å²) in [5.74, 6) is 0.971. The van der Waals surface area contributed by atoms with Crippen molar-refractivity contribution < 1.29 is 5.11 Å². The summed E-state index contributed by atoms with van der Waals surface area (Å²) < 4.78 is 0. The fourth-order valence-electron chi connectivity index (χ4n) is 3.82. The molecule has 1 heterocycles. The molecule has 2 aromatic carbocycles. The molecule has 3 nitrogen and oxygen atoms in total. The van der Waals surface area contributed by atoms with E-state index in [0.29, 0.717) is 0 Å². The molecule has 1 aliphatic carbocycles. The average Bonchev–Trinajstić information content (AvgIpc) is 3.10. The number of aliphatic hydroxyl groups excluding tert-OH is 1. The van der Waals surface area contributed by atoms with Crippen molar-refractivity contribution in [3.8, 4) is 11.3 Å². The molecule has 0 spiro atoms. The summed E-state index contributed by atoms with van der Waals surface area (Å²) >= 11 is 0. The van der Waals surface area contributed by atoms with Crippen LogP contribution in [0.5, 0.6) is 0 Å². The second-order valence-electron chi connectivity index (χ2n) is 8.58. The third-order valence-corrected chi connectivity index (χ3v) is 5.48. The quantitative estimate of drug-likeness (QED) is 0.571. The van der Waals surface area contributed by atoms with Gasteiger partial charge in [-0.25, -0.2) is 0 Å². The van der Waals surface area contributed by atoms with Gasteiger partial charge in [-0.3, -0.25) is 0 Å². The van der Waals surface area contributed by atoms with Crippen LogP contribution in [0.1, 0.15) is 43.9 Å². The Morgan fingerprint density at radius 3 is 2.52 bits per heavy atom. The van der Waals surface area contributed by atoms with Crippen LogP contribution in [-0.2, 0) is 18.3 Å². The van der Waals surface area contributed by atoms with Crippen LogP contribution in [-0.4, -0.2) is 16.2 Å². The number of hydrogen-bond acceptors (Lipinski definition) is 2. The van der Waals surface area contributed by atoms with Crippen LogP contribution in [0.4, 0.5) is 11.5 Å². The van der Waals surface area contributed by atoms with Gasteiger partial charge in [0.15, 0.2) is 0 Å². The lowest BCUT2D eigenvalue weighted by Gasteiger charge is -2.23. The molecule has 3 N–H and O–H groups in total. The van der Waals surface area contributed by atoms with E-state index >= 15 is 0 Å². The van der Waals surface area contributed by atoms with E-state index in [1.807, 2.05) is 0 Å². The molecule has 0 saturated heterocycles. The number of aryl methyl sites for hydroxylation is 1. The van der Waals surface area contributed by atoms with Crippen LogP contribution in [0.2, 0.25) is 0 Å². The Morgan fingerprint density at radius 2 is 1.78 bits per heavy atom. The van der Waals surface area contributed by atoms with Crippen molar-refractivity contribution in [1.82, 2.24) is 4.98 Å². The fourth-order valence-corrected chi connectivity index (χ4v) is 3.82. The molecule has 3 heteroatoms. The maximum absolute atomic E-state index is 10.0. The number of aliphatic hydroxyl groups is 1. The average molecular weight is 361 g/mol. The van der Waals surface area contributed by atoms with Gasteiger partial charge in [0.2, 0.25) is 0 Å². The number of benzene rings is 2. The van der Waals surface area contributed by atoms with E-state index in [1.54, 1.807) is 0 Å². The molecule has 0 amide bonds. The highest BCUT2D eigenvalue weighted by Crippen LogP contribution is 2.31. The number of fused-ring (bicyclic) bond motifs is 1. The second kappa shape index (κ2) is 6.90. The molecule has 0 aliphatic heterocycles. The molecule has 1 aromatic heterocycles. The van der Waals surface area contributed by atoms with Crippen LogP contribution >= 0.6 is 0 Å². The summed E-state index contributed by atoms with van der Waals surface area (Å²) in [5.41, 5.74) is 7.45. The van der Waals surface area contributed by atoms with Crippen LogP contribution in [0.3, 0.4) is 0 Å². The van der Waals surface area contributed by atoms with Crippen molar-refractivity contribution in [2.75, 3.05) is 5.32 Å². The SMILES string of the molecule is CC(C)(C)c1ccc(-c2ccc(Nc3cccc4c3C[C@H](O)CC4)[nH]2)cc1. The number of nitrogens with one attached hydrogen (secondary N) is 2. The number of rotatable bonds is 3. The molecule has 140 valence electrons. The summed E-state index contributed by atoms with van der Waals surface area (Å²) in [7, 11) is 0. The van der Waals surface area contributed by atoms with E-state index in [-0.39, 0.29) is 11.5 Å². The van der Waals surface area contributed by atoms with E-state index in [0.717, 1.165) is 36.5 Å². The third-order valence-electron chi connectivity index (χ3n) is 5.48. The molecule has 0 unspecified atom stereocenters. The molecule has 0 fully saturated rings. The number of anilines is 2. The minimum atomic E-state index is -0.235. The highest BCUT2D eigenvalue weighted by Gasteiger charge is 2.19. The van der Waals surface area contributed by atoms with E-state index in [4.69, 9.17) is 0 Å².